The summed E-state index contributed by atoms with van der Waals surface area (Å²) in [5, 5.41) is 12.6. The van der Waals surface area contributed by atoms with Crippen LogP contribution in [-0.4, -0.2) is 17.6 Å². The lowest BCUT2D eigenvalue weighted by atomic mass is 10.1. The van der Waals surface area contributed by atoms with Gasteiger partial charge in [-0.1, -0.05) is 36.4 Å². The zero-order chi connectivity index (χ0) is 17.8. The zero-order valence-electron chi connectivity index (χ0n) is 13.1. The summed E-state index contributed by atoms with van der Waals surface area (Å²) in [6.07, 6.45) is 0.234. The van der Waals surface area contributed by atoms with Gasteiger partial charge in [0.05, 0.1) is 12.4 Å². The second-order valence-electron chi connectivity index (χ2n) is 5.43. The molecule has 0 fully saturated rings. The van der Waals surface area contributed by atoms with Gasteiger partial charge in [-0.05, 0) is 29.3 Å². The number of nitrogens with one attached hydrogen (secondary N) is 1. The first-order chi connectivity index (χ1) is 12.1. The summed E-state index contributed by atoms with van der Waals surface area (Å²) in [6.45, 7) is -0.168. The molecule has 0 radical (unpaired) electrons. The Hall–Kier alpha value is -2.99. The van der Waals surface area contributed by atoms with E-state index in [0.717, 1.165) is 17.7 Å². The second kappa shape index (κ2) is 7.27. The third-order valence-corrected chi connectivity index (χ3v) is 3.74. The van der Waals surface area contributed by atoms with E-state index in [-0.39, 0.29) is 17.9 Å². The van der Waals surface area contributed by atoms with Crippen LogP contribution in [0.3, 0.4) is 0 Å². The van der Waals surface area contributed by atoms with Gasteiger partial charge in [-0.15, -0.1) is 0 Å². The highest BCUT2D eigenvalue weighted by Gasteiger charge is 2.18. The number of aliphatic hydroxyl groups excluding tert-OH is 1. The molecule has 0 saturated heterocycles. The lowest BCUT2D eigenvalue weighted by Crippen LogP contribution is -2.28. The van der Waals surface area contributed by atoms with E-state index in [2.05, 4.69) is 5.32 Å². The molecule has 1 heterocycles. The normalized spacial score (nSPS) is 12.0. The molecule has 25 heavy (non-hydrogen) atoms. The van der Waals surface area contributed by atoms with Crippen LogP contribution >= 0.6 is 0 Å². The van der Waals surface area contributed by atoms with E-state index in [1.807, 2.05) is 30.3 Å². The smallest absolute Gasteiger partial charge is 0.287 e. The van der Waals surface area contributed by atoms with Crippen molar-refractivity contribution in [3.8, 4) is 11.1 Å². The van der Waals surface area contributed by atoms with Gasteiger partial charge in [0.1, 0.15) is 0 Å². The summed E-state index contributed by atoms with van der Waals surface area (Å²) < 4.78 is 31.4. The summed E-state index contributed by atoms with van der Waals surface area (Å²) in [4.78, 5) is 12.3. The van der Waals surface area contributed by atoms with Crippen molar-refractivity contribution >= 4 is 5.91 Å². The van der Waals surface area contributed by atoms with Crippen molar-refractivity contribution in [3.05, 3.63) is 83.8 Å². The van der Waals surface area contributed by atoms with E-state index in [9.17, 15) is 18.7 Å². The first kappa shape index (κ1) is 16.9. The fourth-order valence-electron chi connectivity index (χ4n) is 2.44. The van der Waals surface area contributed by atoms with Gasteiger partial charge in [-0.3, -0.25) is 4.79 Å². The van der Waals surface area contributed by atoms with E-state index in [0.29, 0.717) is 5.56 Å². The standard InChI is InChI=1S/C19H15F2NO3/c20-15-7-6-13(10-16(15)21)17(23)11-22-19(24)18-14(8-9-25-18)12-4-2-1-3-5-12/h1-10,17,23H,11H2,(H,22,24)/t17-/m0/s1. The Balaban J connectivity index is 1.69. The van der Waals surface area contributed by atoms with Crippen LogP contribution in [0.4, 0.5) is 8.78 Å². The molecule has 3 aromatic rings. The highest BCUT2D eigenvalue weighted by Crippen LogP contribution is 2.24. The fourth-order valence-corrected chi connectivity index (χ4v) is 2.44. The first-order valence-electron chi connectivity index (χ1n) is 7.60. The Labute approximate surface area is 142 Å². The molecule has 0 aliphatic rings. The molecule has 0 saturated carbocycles. The summed E-state index contributed by atoms with van der Waals surface area (Å²) in [6, 6.07) is 14.0. The molecular weight excluding hydrogens is 328 g/mol. The van der Waals surface area contributed by atoms with Crippen LogP contribution in [0.1, 0.15) is 22.2 Å². The summed E-state index contributed by atoms with van der Waals surface area (Å²) in [5.41, 5.74) is 1.62. The predicted molar refractivity (Wildman–Crippen MR) is 87.8 cm³/mol. The van der Waals surface area contributed by atoms with Gasteiger partial charge in [-0.2, -0.15) is 0 Å². The topological polar surface area (TPSA) is 62.5 Å². The molecule has 1 amide bonds. The van der Waals surface area contributed by atoms with Gasteiger partial charge in [0.2, 0.25) is 0 Å². The fraction of sp³-hybridized carbons (Fsp3) is 0.105. The van der Waals surface area contributed by atoms with E-state index >= 15 is 0 Å². The first-order valence-corrected chi connectivity index (χ1v) is 7.60. The number of carbonyl (C=O) groups excluding carboxylic acids is 1. The Bertz CT molecular complexity index is 877. The highest BCUT2D eigenvalue weighted by atomic mass is 19.2. The molecule has 2 N–H and O–H groups in total. The number of halogens is 2. The molecule has 1 aromatic heterocycles. The lowest BCUT2D eigenvalue weighted by molar-refractivity contribution is 0.0889. The summed E-state index contributed by atoms with van der Waals surface area (Å²) in [7, 11) is 0. The predicted octanol–water partition coefficient (Wildman–Crippen LogP) is 3.69. The molecule has 0 bridgehead atoms. The van der Waals surface area contributed by atoms with Crippen molar-refractivity contribution in [2.24, 2.45) is 0 Å². The van der Waals surface area contributed by atoms with Gasteiger partial charge in [0.25, 0.3) is 5.91 Å². The van der Waals surface area contributed by atoms with Crippen LogP contribution in [0.2, 0.25) is 0 Å². The summed E-state index contributed by atoms with van der Waals surface area (Å²) >= 11 is 0. The average molecular weight is 343 g/mol. The van der Waals surface area contributed by atoms with Crippen LogP contribution in [0, 0.1) is 11.6 Å². The Morgan fingerprint density at radius 2 is 1.84 bits per heavy atom. The molecule has 0 aliphatic carbocycles. The van der Waals surface area contributed by atoms with Gasteiger partial charge in [0, 0.05) is 12.1 Å². The molecule has 3 rings (SSSR count). The Morgan fingerprint density at radius 3 is 2.56 bits per heavy atom. The van der Waals surface area contributed by atoms with Crippen molar-refractivity contribution in [1.29, 1.82) is 0 Å². The number of furan rings is 1. The van der Waals surface area contributed by atoms with Crippen molar-refractivity contribution in [2.75, 3.05) is 6.54 Å². The van der Waals surface area contributed by atoms with Crippen LogP contribution < -0.4 is 5.32 Å². The molecule has 4 nitrogen and oxygen atoms in total. The van der Waals surface area contributed by atoms with Gasteiger partial charge in [-0.25, -0.2) is 8.78 Å². The number of hydrogen-bond acceptors (Lipinski definition) is 3. The molecule has 0 spiro atoms. The largest absolute Gasteiger partial charge is 0.459 e. The minimum absolute atomic E-state index is 0.115. The van der Waals surface area contributed by atoms with E-state index in [1.165, 1.54) is 12.3 Å². The zero-order valence-corrected chi connectivity index (χ0v) is 13.1. The van der Waals surface area contributed by atoms with E-state index in [4.69, 9.17) is 4.42 Å². The maximum absolute atomic E-state index is 13.2. The lowest BCUT2D eigenvalue weighted by Gasteiger charge is -2.12. The number of rotatable bonds is 5. The van der Waals surface area contributed by atoms with Gasteiger partial charge < -0.3 is 14.8 Å². The Morgan fingerprint density at radius 1 is 1.08 bits per heavy atom. The minimum Gasteiger partial charge on any atom is -0.459 e. The van der Waals surface area contributed by atoms with Crippen molar-refractivity contribution < 1.29 is 23.1 Å². The van der Waals surface area contributed by atoms with Gasteiger partial charge >= 0.3 is 0 Å². The van der Waals surface area contributed by atoms with Crippen LogP contribution in [-0.2, 0) is 0 Å². The quantitative estimate of drug-likeness (QED) is 0.743. The van der Waals surface area contributed by atoms with Crippen molar-refractivity contribution in [2.45, 2.75) is 6.10 Å². The molecule has 6 heteroatoms. The molecule has 128 valence electrons. The Kier molecular flexibility index (Phi) is 4.90. The second-order valence-corrected chi connectivity index (χ2v) is 5.43. The third-order valence-electron chi connectivity index (χ3n) is 3.74. The molecule has 0 aliphatic heterocycles. The number of benzene rings is 2. The number of hydrogen-bond donors (Lipinski definition) is 2. The maximum atomic E-state index is 13.2. The maximum Gasteiger partial charge on any atom is 0.287 e. The average Bonchev–Trinajstić information content (AvgIpc) is 3.12. The number of amides is 1. The SMILES string of the molecule is O=C(NC[C@H](O)c1ccc(F)c(F)c1)c1occc1-c1ccccc1. The van der Waals surface area contributed by atoms with E-state index < -0.39 is 23.6 Å². The van der Waals surface area contributed by atoms with Crippen molar-refractivity contribution in [3.63, 3.8) is 0 Å². The molecule has 1 atom stereocenters. The van der Waals surface area contributed by atoms with Crippen LogP contribution in [0.25, 0.3) is 11.1 Å². The van der Waals surface area contributed by atoms with Crippen LogP contribution in [0.15, 0.2) is 65.3 Å². The number of carbonyl (C=O) groups is 1. The third kappa shape index (κ3) is 3.75. The molecule has 0 unspecified atom stereocenters. The highest BCUT2D eigenvalue weighted by molar-refractivity contribution is 5.98. The number of aliphatic hydroxyl groups is 1. The van der Waals surface area contributed by atoms with E-state index in [1.54, 1.807) is 6.07 Å². The van der Waals surface area contributed by atoms with Crippen molar-refractivity contribution in [1.82, 2.24) is 5.32 Å². The molecule has 2 aromatic carbocycles. The summed E-state index contributed by atoms with van der Waals surface area (Å²) in [5.74, 6) is -2.45. The van der Waals surface area contributed by atoms with Gasteiger partial charge in [0.15, 0.2) is 17.4 Å². The van der Waals surface area contributed by atoms with Crippen LogP contribution in [0.5, 0.6) is 0 Å². The molecular formula is C19H15F2NO3. The minimum atomic E-state index is -1.17. The monoisotopic (exact) mass is 343 g/mol.